The second-order valence-corrected chi connectivity index (χ2v) is 25.5. The SMILES string of the molecule is C=CC(=O)N1CCN(c2nc(O[C@H](C)CN3CCC(OCCOCCOCCOCCOCCOc4cc(-c5scnc5C)ccc4CNC(=O)[C@@H]4C[C@@H](O)CC4C(=O)[C@@H](c4cc(C)no4)C(C)C)CC3)nc3c(F)c(-c4cc(O)cc5ccccc45)c(Cl)cc23)CC1. The first-order valence-corrected chi connectivity index (χ1v) is 33.3. The van der Waals surface area contributed by atoms with Crippen molar-refractivity contribution in [2.75, 3.05) is 117 Å². The van der Waals surface area contributed by atoms with Crippen LogP contribution in [0.5, 0.6) is 17.5 Å². The summed E-state index contributed by atoms with van der Waals surface area (Å²) in [5.41, 5.74) is 5.64. The van der Waals surface area contributed by atoms with Gasteiger partial charge in [-0.1, -0.05) is 73.6 Å². The van der Waals surface area contributed by atoms with E-state index in [4.69, 9.17) is 54.3 Å². The van der Waals surface area contributed by atoms with Crippen LogP contribution in [0.2, 0.25) is 5.02 Å². The van der Waals surface area contributed by atoms with Crippen LogP contribution in [0, 0.1) is 37.4 Å². The molecule has 21 nitrogen and oxygen atoms in total. The van der Waals surface area contributed by atoms with Crippen molar-refractivity contribution in [2.24, 2.45) is 17.8 Å². The zero-order valence-corrected chi connectivity index (χ0v) is 55.1. The smallest absolute Gasteiger partial charge is 0.319 e. The summed E-state index contributed by atoms with van der Waals surface area (Å²) in [4.78, 5) is 61.2. The van der Waals surface area contributed by atoms with Crippen molar-refractivity contribution in [2.45, 2.75) is 91.1 Å². The summed E-state index contributed by atoms with van der Waals surface area (Å²) in [5, 5.41) is 30.4. The Bertz CT molecular complexity index is 3690. The maximum absolute atomic E-state index is 17.1. The predicted octanol–water partition coefficient (Wildman–Crippen LogP) is 9.92. The second kappa shape index (κ2) is 32.8. The van der Waals surface area contributed by atoms with Crippen LogP contribution in [0.25, 0.3) is 43.2 Å². The third-order valence-electron chi connectivity index (χ3n) is 17.3. The minimum Gasteiger partial charge on any atom is -0.508 e. The van der Waals surface area contributed by atoms with E-state index >= 15 is 4.39 Å². The first-order valence-electron chi connectivity index (χ1n) is 32.0. The Morgan fingerprint density at radius 2 is 1.53 bits per heavy atom. The number of nitrogens with zero attached hydrogens (tertiary/aromatic N) is 7. The number of hydrogen-bond acceptors (Lipinski definition) is 20. The number of piperazine rings is 1. The summed E-state index contributed by atoms with van der Waals surface area (Å²) >= 11 is 8.47. The molecule has 7 aromatic rings. The van der Waals surface area contributed by atoms with E-state index in [0.717, 1.165) is 58.4 Å². The minimum absolute atomic E-state index is 0.0202. The maximum atomic E-state index is 17.1. The molecular formula is C69H84ClFN8O13S. The fraction of sp³-hybridized carbons (Fsp3) is 0.493. The van der Waals surface area contributed by atoms with Crippen LogP contribution >= 0.6 is 22.9 Å². The molecule has 4 aromatic carbocycles. The molecule has 1 saturated carbocycles. The van der Waals surface area contributed by atoms with Crippen molar-refractivity contribution < 1.29 is 66.7 Å². The Morgan fingerprint density at radius 3 is 2.19 bits per heavy atom. The van der Waals surface area contributed by atoms with Crippen molar-refractivity contribution in [1.82, 2.24) is 35.2 Å². The fourth-order valence-corrected chi connectivity index (χ4v) is 13.7. The van der Waals surface area contributed by atoms with Gasteiger partial charge >= 0.3 is 6.01 Å². The summed E-state index contributed by atoms with van der Waals surface area (Å²) < 4.78 is 64.5. The number of fused-ring (bicyclic) bond motifs is 2. The Hall–Kier alpha value is -7.19. The fourth-order valence-electron chi connectivity index (χ4n) is 12.6. The molecule has 3 aliphatic rings. The molecule has 10 rings (SSSR count). The number of aryl methyl sites for hydroxylation is 2. The number of halogens is 2. The van der Waals surface area contributed by atoms with Crippen molar-refractivity contribution in [3.8, 4) is 39.1 Å². The molecule has 24 heteroatoms. The average Bonchev–Trinajstić information content (AvgIpc) is 1.38. The molecule has 1 unspecified atom stereocenters. The van der Waals surface area contributed by atoms with Crippen molar-refractivity contribution in [3.05, 3.63) is 118 Å². The number of nitrogens with one attached hydrogen (secondary N) is 1. The van der Waals surface area contributed by atoms with Crippen molar-refractivity contribution in [3.63, 3.8) is 0 Å². The van der Waals surface area contributed by atoms with Gasteiger partial charge in [0.1, 0.15) is 47.1 Å². The molecule has 3 aromatic heterocycles. The molecule has 0 radical (unpaired) electrons. The molecule has 3 fully saturated rings. The van der Waals surface area contributed by atoms with Gasteiger partial charge in [-0.3, -0.25) is 19.3 Å². The number of rotatable bonds is 32. The Morgan fingerprint density at radius 1 is 0.839 bits per heavy atom. The van der Waals surface area contributed by atoms with Gasteiger partial charge in [-0.2, -0.15) is 9.97 Å². The number of amides is 2. The van der Waals surface area contributed by atoms with Crippen LogP contribution in [-0.2, 0) is 44.6 Å². The summed E-state index contributed by atoms with van der Waals surface area (Å²) in [6, 6.07) is 19.8. The van der Waals surface area contributed by atoms with Gasteiger partial charge in [-0.05, 0) is 105 Å². The highest BCUT2D eigenvalue weighted by molar-refractivity contribution is 7.13. The monoisotopic (exact) mass is 1320 g/mol. The predicted molar refractivity (Wildman–Crippen MR) is 353 cm³/mol. The maximum Gasteiger partial charge on any atom is 0.319 e. The number of aliphatic hydroxyl groups is 1. The van der Waals surface area contributed by atoms with Crippen LogP contribution in [0.15, 0.2) is 89.4 Å². The minimum atomic E-state index is -0.770. The summed E-state index contributed by atoms with van der Waals surface area (Å²) in [7, 11) is 0. The number of aliphatic hydroxyl groups excluding tert-OH is 1. The van der Waals surface area contributed by atoms with E-state index in [1.807, 2.05) is 75.1 Å². The molecular weight excluding hydrogens is 1240 g/mol. The zero-order chi connectivity index (χ0) is 65.5. The number of phenolic OH excluding ortho intramolecular Hbond substituents is 1. The third kappa shape index (κ3) is 17.6. The van der Waals surface area contributed by atoms with Crippen LogP contribution < -0.4 is 19.7 Å². The molecule has 5 heterocycles. The van der Waals surface area contributed by atoms with Gasteiger partial charge in [0.15, 0.2) is 5.82 Å². The van der Waals surface area contributed by atoms with Gasteiger partial charge < -0.3 is 63.0 Å². The molecule has 2 saturated heterocycles. The number of hydrogen-bond donors (Lipinski definition) is 3. The molecule has 5 atom stereocenters. The van der Waals surface area contributed by atoms with Crippen LogP contribution in [0.4, 0.5) is 10.2 Å². The second-order valence-electron chi connectivity index (χ2n) is 24.2. The lowest BCUT2D eigenvalue weighted by atomic mass is 9.79. The summed E-state index contributed by atoms with van der Waals surface area (Å²) in [6.45, 7) is 21.1. The Balaban J connectivity index is 0.601. The van der Waals surface area contributed by atoms with Crippen molar-refractivity contribution >= 4 is 68.0 Å². The standard InChI is InChI=1S/C69H84ClFN8O13S/c1-7-60(82)78-18-20-79(21-19-78)67-56-38-57(70)62(53-35-49(80)33-46-10-8-9-11-52(46)53)63(71)64(56)74-69(75-67)91-44(5)40-77-16-14-51(15-17-77)89-30-28-87-26-24-85-22-23-86-25-27-88-29-31-90-58-34-47(66-45(6)73-41-93-66)12-13-48(58)39-72-68(84)55-37-50(81)36-54(55)65(83)61(42(2)3)59-32-43(4)76-92-59/h7-13,32-35,38,41-42,44,50-51,54-55,61,80-81H,1,14-31,36-37,39-40H2,2-6H3,(H,72,84)/t44-,50+,54?,55-,61-/m1/s1. The largest absolute Gasteiger partial charge is 0.508 e. The number of carbonyl (C=O) groups excluding carboxylic acids is 3. The number of anilines is 1. The van der Waals surface area contributed by atoms with Crippen LogP contribution in [0.3, 0.4) is 0 Å². The van der Waals surface area contributed by atoms with Crippen LogP contribution in [-0.4, -0.2) is 188 Å². The first kappa shape index (κ1) is 68.7. The topological polar surface area (TPSA) is 243 Å². The molecule has 0 bridgehead atoms. The van der Waals surface area contributed by atoms with Gasteiger partial charge in [0.2, 0.25) is 11.8 Å². The van der Waals surface area contributed by atoms with E-state index in [0.29, 0.717) is 126 Å². The highest BCUT2D eigenvalue weighted by atomic mass is 35.5. The van der Waals surface area contributed by atoms with E-state index in [2.05, 4.69) is 31.9 Å². The molecule has 1 aliphatic carbocycles. The lowest BCUT2D eigenvalue weighted by Crippen LogP contribution is -2.48. The first-order chi connectivity index (χ1) is 45.0. The zero-order valence-electron chi connectivity index (χ0n) is 53.5. The number of carbonyl (C=O) groups is 3. The number of likely N-dealkylation sites (tertiary alicyclic amines) is 1. The molecule has 0 spiro atoms. The van der Waals surface area contributed by atoms with Gasteiger partial charge in [-0.15, -0.1) is 11.3 Å². The lowest BCUT2D eigenvalue weighted by molar-refractivity contribution is -0.134. The quantitative estimate of drug-likeness (QED) is 0.0262. The number of piperidine rings is 1. The highest BCUT2D eigenvalue weighted by Gasteiger charge is 2.46. The number of aromatic nitrogens is 4. The van der Waals surface area contributed by atoms with Crippen LogP contribution in [0.1, 0.15) is 75.1 Å². The van der Waals surface area contributed by atoms with Crippen molar-refractivity contribution in [1.29, 1.82) is 0 Å². The molecule has 2 aliphatic heterocycles. The number of ether oxygens (including phenoxy) is 7. The Labute approximate surface area is 550 Å². The number of Topliss-reactive ketones (excluding diaryl/α,β-unsaturated/α-hetero) is 1. The normalized spacial score (nSPS) is 18.0. The number of ketones is 1. The summed E-state index contributed by atoms with van der Waals surface area (Å²) in [5.74, 6) is -1.79. The van der Waals surface area contributed by atoms with E-state index in [9.17, 15) is 24.6 Å². The number of phenols is 1. The van der Waals surface area contributed by atoms with Gasteiger partial charge in [0.05, 0.1) is 110 Å². The Kier molecular flexibility index (Phi) is 24.2. The van der Waals surface area contributed by atoms with E-state index in [1.165, 1.54) is 23.5 Å². The molecule has 2 amide bonds. The van der Waals surface area contributed by atoms with E-state index in [-0.39, 0.29) is 89.6 Å². The lowest BCUT2D eigenvalue weighted by Gasteiger charge is -2.35. The molecule has 3 N–H and O–H groups in total. The third-order valence-corrected chi connectivity index (χ3v) is 18.5. The van der Waals surface area contributed by atoms with Gasteiger partial charge in [-0.25, -0.2) is 9.37 Å². The average molecular weight is 1320 g/mol. The van der Waals surface area contributed by atoms with Gasteiger partial charge in [0.25, 0.3) is 0 Å². The molecule has 93 heavy (non-hydrogen) atoms. The molecule has 498 valence electrons. The number of benzene rings is 4. The summed E-state index contributed by atoms with van der Waals surface area (Å²) in [6.07, 6.45) is 2.34. The number of aromatic hydroxyl groups is 1. The highest BCUT2D eigenvalue weighted by Crippen LogP contribution is 2.44. The van der Waals surface area contributed by atoms with E-state index in [1.54, 1.807) is 35.5 Å². The van der Waals surface area contributed by atoms with Gasteiger partial charge in [0, 0.05) is 80.9 Å². The van der Waals surface area contributed by atoms with E-state index < -0.39 is 29.7 Å². The number of thiazole rings is 1.